The van der Waals surface area contributed by atoms with Crippen LogP contribution in [0.5, 0.6) is 0 Å². The molecule has 2 aromatic rings. The molecule has 3 rings (SSSR count). The van der Waals surface area contributed by atoms with Gasteiger partial charge >= 0.3 is 0 Å². The predicted octanol–water partition coefficient (Wildman–Crippen LogP) is 4.62. The lowest BCUT2D eigenvalue weighted by molar-refractivity contribution is 0.642. The van der Waals surface area contributed by atoms with Crippen LogP contribution in [0.2, 0.25) is 0 Å². The highest BCUT2D eigenvalue weighted by Crippen LogP contribution is 2.34. The van der Waals surface area contributed by atoms with Gasteiger partial charge in [0.25, 0.3) is 0 Å². The molecule has 0 bridgehead atoms. The van der Waals surface area contributed by atoms with E-state index in [0.29, 0.717) is 6.04 Å². The Hall–Kier alpha value is -0.740. The molecule has 4 heteroatoms. The number of nitrogens with one attached hydrogen (secondary N) is 1. The summed E-state index contributed by atoms with van der Waals surface area (Å²) in [5.41, 5.74) is 2.34. The normalized spacial score (nSPS) is 17.0. The average Bonchev–Trinajstić information content (AvgIpc) is 3.06. The van der Waals surface area contributed by atoms with Crippen LogP contribution in [0.4, 0.5) is 5.69 Å². The second-order valence-electron chi connectivity index (χ2n) is 5.09. The molecule has 1 aromatic heterocycles. The molecule has 1 atom stereocenters. The maximum Gasteiger partial charge on any atom is 0.150 e. The van der Waals surface area contributed by atoms with Crippen LogP contribution in [0.25, 0.3) is 10.2 Å². The van der Waals surface area contributed by atoms with Crippen molar-refractivity contribution in [3.63, 3.8) is 0 Å². The van der Waals surface area contributed by atoms with E-state index in [9.17, 15) is 0 Å². The van der Waals surface area contributed by atoms with Crippen molar-refractivity contribution in [1.29, 1.82) is 0 Å². The third-order valence-electron chi connectivity index (χ3n) is 3.34. The number of hydrogen-bond donors (Lipinski definition) is 1. The molecule has 0 radical (unpaired) electrons. The van der Waals surface area contributed by atoms with E-state index in [2.05, 4.69) is 41.7 Å². The Bertz CT molecular complexity index is 546. The van der Waals surface area contributed by atoms with Gasteiger partial charge in [0.05, 0.1) is 10.2 Å². The summed E-state index contributed by atoms with van der Waals surface area (Å²) in [6.45, 7) is 2.28. The van der Waals surface area contributed by atoms with Gasteiger partial charge in [-0.15, -0.1) is 11.3 Å². The summed E-state index contributed by atoms with van der Waals surface area (Å²) >= 11 is 3.49. The van der Waals surface area contributed by atoms with E-state index in [1.54, 1.807) is 23.1 Å². The first-order chi connectivity index (χ1) is 8.74. The fourth-order valence-electron chi connectivity index (χ4n) is 2.28. The zero-order chi connectivity index (χ0) is 12.5. The van der Waals surface area contributed by atoms with Crippen molar-refractivity contribution >= 4 is 39.0 Å². The summed E-state index contributed by atoms with van der Waals surface area (Å²) in [4.78, 5) is 4.56. The fraction of sp³-hybridized carbons (Fsp3) is 0.500. The van der Waals surface area contributed by atoms with Gasteiger partial charge in [-0.25, -0.2) is 4.98 Å². The van der Waals surface area contributed by atoms with E-state index >= 15 is 0 Å². The first-order valence-corrected chi connectivity index (χ1v) is 8.50. The zero-order valence-electron chi connectivity index (χ0n) is 10.8. The standard InChI is InChI=1S/C14H18N2S2/c1-9(7-10-3-4-10)15-11-5-6-12-13(8-11)18-14(16-12)17-2/h5-6,8-10,15H,3-4,7H2,1-2H3. The van der Waals surface area contributed by atoms with Crippen molar-refractivity contribution in [3.8, 4) is 0 Å². The number of aromatic nitrogens is 1. The molecule has 1 unspecified atom stereocenters. The van der Waals surface area contributed by atoms with Crippen molar-refractivity contribution in [3.05, 3.63) is 18.2 Å². The van der Waals surface area contributed by atoms with E-state index in [1.807, 2.05) is 0 Å². The lowest BCUT2D eigenvalue weighted by Crippen LogP contribution is -2.15. The molecule has 1 aliphatic rings. The number of thioether (sulfide) groups is 1. The highest BCUT2D eigenvalue weighted by molar-refractivity contribution is 8.00. The van der Waals surface area contributed by atoms with Crippen LogP contribution in [0, 0.1) is 5.92 Å². The van der Waals surface area contributed by atoms with Gasteiger partial charge in [0, 0.05) is 11.7 Å². The summed E-state index contributed by atoms with van der Waals surface area (Å²) in [5.74, 6) is 0.975. The third-order valence-corrected chi connectivity index (χ3v) is 5.34. The first-order valence-electron chi connectivity index (χ1n) is 6.45. The van der Waals surface area contributed by atoms with Gasteiger partial charge in [-0.05, 0) is 43.7 Å². The van der Waals surface area contributed by atoms with Crippen molar-refractivity contribution in [2.45, 2.75) is 36.6 Å². The summed E-state index contributed by atoms with van der Waals surface area (Å²) in [7, 11) is 0. The molecular formula is C14H18N2S2. The van der Waals surface area contributed by atoms with Crippen molar-refractivity contribution in [2.75, 3.05) is 11.6 Å². The molecule has 1 fully saturated rings. The third kappa shape index (κ3) is 2.81. The Kier molecular flexibility index (Phi) is 3.48. The largest absolute Gasteiger partial charge is 0.383 e. The van der Waals surface area contributed by atoms with Gasteiger partial charge in [-0.3, -0.25) is 0 Å². The van der Waals surface area contributed by atoms with Crippen LogP contribution in [-0.4, -0.2) is 17.3 Å². The van der Waals surface area contributed by atoms with Crippen LogP contribution in [0.1, 0.15) is 26.2 Å². The minimum absolute atomic E-state index is 0.572. The fourth-order valence-corrected chi connectivity index (χ4v) is 3.81. The van der Waals surface area contributed by atoms with Gasteiger partial charge in [0.1, 0.15) is 0 Å². The molecule has 96 valence electrons. The van der Waals surface area contributed by atoms with E-state index in [4.69, 9.17) is 0 Å². The van der Waals surface area contributed by atoms with Crippen molar-refractivity contribution < 1.29 is 0 Å². The van der Waals surface area contributed by atoms with Gasteiger partial charge < -0.3 is 5.32 Å². The SMILES string of the molecule is CSc1nc2ccc(NC(C)CC3CC3)cc2s1. The summed E-state index contributed by atoms with van der Waals surface area (Å²) < 4.78 is 2.43. The Labute approximate surface area is 116 Å². The Morgan fingerprint density at radius 1 is 1.50 bits per heavy atom. The molecule has 1 heterocycles. The maximum absolute atomic E-state index is 4.56. The monoisotopic (exact) mass is 278 g/mol. The number of hydrogen-bond acceptors (Lipinski definition) is 4. The van der Waals surface area contributed by atoms with E-state index < -0.39 is 0 Å². The van der Waals surface area contributed by atoms with Gasteiger partial charge in [0.2, 0.25) is 0 Å². The number of thiazole rings is 1. The van der Waals surface area contributed by atoms with Crippen LogP contribution in [0.3, 0.4) is 0 Å². The highest BCUT2D eigenvalue weighted by Gasteiger charge is 2.23. The van der Waals surface area contributed by atoms with Crippen LogP contribution in [0.15, 0.2) is 22.5 Å². The topological polar surface area (TPSA) is 24.9 Å². The molecule has 0 amide bonds. The van der Waals surface area contributed by atoms with Crippen molar-refractivity contribution in [2.24, 2.45) is 5.92 Å². The molecular weight excluding hydrogens is 260 g/mol. The molecule has 1 aromatic carbocycles. The second kappa shape index (κ2) is 5.10. The molecule has 0 spiro atoms. The smallest absolute Gasteiger partial charge is 0.150 e. The quantitative estimate of drug-likeness (QED) is 0.808. The predicted molar refractivity (Wildman–Crippen MR) is 81.8 cm³/mol. The summed E-state index contributed by atoms with van der Waals surface area (Å²) in [5, 5.41) is 3.60. The first kappa shape index (κ1) is 12.3. The van der Waals surface area contributed by atoms with Crippen LogP contribution < -0.4 is 5.32 Å². The van der Waals surface area contributed by atoms with Crippen molar-refractivity contribution in [1.82, 2.24) is 4.98 Å². The average molecular weight is 278 g/mol. The Morgan fingerprint density at radius 3 is 3.06 bits per heavy atom. The molecule has 0 aliphatic heterocycles. The highest BCUT2D eigenvalue weighted by atomic mass is 32.2. The molecule has 1 aliphatic carbocycles. The number of nitrogens with zero attached hydrogens (tertiary/aromatic N) is 1. The summed E-state index contributed by atoms with van der Waals surface area (Å²) in [6.07, 6.45) is 6.24. The Morgan fingerprint density at radius 2 is 2.33 bits per heavy atom. The number of fused-ring (bicyclic) bond motifs is 1. The molecule has 2 nitrogen and oxygen atoms in total. The number of benzene rings is 1. The van der Waals surface area contributed by atoms with Crippen LogP contribution >= 0.6 is 23.1 Å². The minimum Gasteiger partial charge on any atom is -0.383 e. The molecule has 18 heavy (non-hydrogen) atoms. The Balaban J connectivity index is 1.74. The van der Waals surface area contributed by atoms with E-state index in [1.165, 1.54) is 29.6 Å². The molecule has 1 N–H and O–H groups in total. The maximum atomic E-state index is 4.56. The van der Waals surface area contributed by atoms with Gasteiger partial charge in [-0.2, -0.15) is 0 Å². The number of anilines is 1. The molecule has 0 saturated heterocycles. The minimum atomic E-state index is 0.572. The lowest BCUT2D eigenvalue weighted by atomic mass is 10.1. The van der Waals surface area contributed by atoms with Gasteiger partial charge in [0.15, 0.2) is 4.34 Å². The van der Waals surface area contributed by atoms with Gasteiger partial charge in [-0.1, -0.05) is 24.6 Å². The van der Waals surface area contributed by atoms with Crippen LogP contribution in [-0.2, 0) is 0 Å². The number of rotatable bonds is 5. The molecule has 1 saturated carbocycles. The lowest BCUT2D eigenvalue weighted by Gasteiger charge is -2.14. The van der Waals surface area contributed by atoms with E-state index in [-0.39, 0.29) is 0 Å². The van der Waals surface area contributed by atoms with E-state index in [0.717, 1.165) is 15.8 Å². The summed E-state index contributed by atoms with van der Waals surface area (Å²) in [6, 6.07) is 7.08. The zero-order valence-corrected chi connectivity index (χ0v) is 12.4. The second-order valence-corrected chi connectivity index (χ2v) is 7.17.